The molecule has 2 aromatic carbocycles. The molecule has 0 saturated heterocycles. The van der Waals surface area contributed by atoms with E-state index >= 15 is 0 Å². The second kappa shape index (κ2) is 9.68. The lowest BCUT2D eigenvalue weighted by molar-refractivity contribution is 0.0949. The fourth-order valence-corrected chi connectivity index (χ4v) is 2.82. The van der Waals surface area contributed by atoms with Crippen molar-refractivity contribution in [2.24, 2.45) is 0 Å². The summed E-state index contributed by atoms with van der Waals surface area (Å²) in [6.45, 7) is 4.25. The maximum Gasteiger partial charge on any atom is 0.269 e. The first kappa shape index (κ1) is 20.3. The van der Waals surface area contributed by atoms with Crippen molar-refractivity contribution in [3.63, 3.8) is 0 Å². The monoisotopic (exact) mass is 393 g/mol. The number of hydrogen-bond acceptors (Lipinski definition) is 4. The van der Waals surface area contributed by atoms with Crippen molar-refractivity contribution in [3.05, 3.63) is 83.9 Å². The summed E-state index contributed by atoms with van der Waals surface area (Å²) in [4.78, 5) is 16.6. The van der Waals surface area contributed by atoms with E-state index in [0.29, 0.717) is 18.5 Å². The second-order valence-corrected chi connectivity index (χ2v) is 6.81. The molecule has 0 aliphatic carbocycles. The van der Waals surface area contributed by atoms with Crippen molar-refractivity contribution >= 4 is 17.3 Å². The minimum absolute atomic E-state index is 0.0474. The largest absolute Gasteiger partial charge is 0.489 e. The molecule has 5 nitrogen and oxygen atoms in total. The third-order valence-electron chi connectivity index (χ3n) is 4.16. The minimum Gasteiger partial charge on any atom is -0.489 e. The topological polar surface area (TPSA) is 63.2 Å². The van der Waals surface area contributed by atoms with Crippen LogP contribution in [0.1, 0.15) is 29.9 Å². The summed E-state index contributed by atoms with van der Waals surface area (Å²) >= 11 is 0. The molecular formula is C23H24FN3O2. The fraction of sp³-hybridized carbons (Fsp3) is 0.217. The summed E-state index contributed by atoms with van der Waals surface area (Å²) in [7, 11) is 0. The number of nitrogens with zero attached hydrogens (tertiary/aromatic N) is 1. The van der Waals surface area contributed by atoms with Crippen LogP contribution in [0.5, 0.6) is 5.75 Å². The zero-order valence-corrected chi connectivity index (χ0v) is 16.5. The number of carbonyl (C=O) groups excluding carboxylic acids is 1. The maximum atomic E-state index is 13.7. The molecule has 0 atom stereocenters. The van der Waals surface area contributed by atoms with Crippen LogP contribution < -0.4 is 15.4 Å². The number of anilines is 2. The van der Waals surface area contributed by atoms with Gasteiger partial charge in [-0.1, -0.05) is 30.3 Å². The van der Waals surface area contributed by atoms with Gasteiger partial charge in [-0.25, -0.2) is 4.39 Å². The van der Waals surface area contributed by atoms with Gasteiger partial charge in [-0.2, -0.15) is 0 Å². The van der Waals surface area contributed by atoms with E-state index in [1.807, 2.05) is 38.1 Å². The molecule has 2 N–H and O–H groups in total. The van der Waals surface area contributed by atoms with E-state index in [9.17, 15) is 9.18 Å². The van der Waals surface area contributed by atoms with Gasteiger partial charge in [0.15, 0.2) is 0 Å². The van der Waals surface area contributed by atoms with Crippen molar-refractivity contribution in [2.75, 3.05) is 11.9 Å². The predicted molar refractivity (Wildman–Crippen MR) is 112 cm³/mol. The molecule has 0 fully saturated rings. The van der Waals surface area contributed by atoms with Crippen molar-refractivity contribution < 1.29 is 13.9 Å². The Hall–Kier alpha value is -3.41. The Bertz CT molecular complexity index is 976. The average molecular weight is 393 g/mol. The smallest absolute Gasteiger partial charge is 0.269 e. The zero-order valence-electron chi connectivity index (χ0n) is 16.5. The first-order valence-corrected chi connectivity index (χ1v) is 9.53. The van der Waals surface area contributed by atoms with Gasteiger partial charge in [0.2, 0.25) is 0 Å². The Labute approximate surface area is 169 Å². The summed E-state index contributed by atoms with van der Waals surface area (Å²) in [5, 5.41) is 6.05. The number of nitrogens with one attached hydrogen (secondary N) is 2. The van der Waals surface area contributed by atoms with E-state index in [1.54, 1.807) is 36.5 Å². The number of hydrogen-bond donors (Lipinski definition) is 2. The number of rotatable bonds is 8. The normalized spacial score (nSPS) is 10.6. The minimum atomic E-state index is -0.309. The van der Waals surface area contributed by atoms with Crippen LogP contribution in [-0.2, 0) is 6.42 Å². The van der Waals surface area contributed by atoms with Gasteiger partial charge in [0.25, 0.3) is 5.91 Å². The number of para-hydroxylation sites is 2. The number of pyridine rings is 1. The third kappa shape index (κ3) is 5.78. The second-order valence-electron chi connectivity index (χ2n) is 6.81. The van der Waals surface area contributed by atoms with Crippen LogP contribution in [0.2, 0.25) is 0 Å². The lowest BCUT2D eigenvalue weighted by Crippen LogP contribution is -2.26. The molecule has 0 radical (unpaired) electrons. The molecular weight excluding hydrogens is 369 g/mol. The van der Waals surface area contributed by atoms with Gasteiger partial charge in [-0.05, 0) is 56.2 Å². The van der Waals surface area contributed by atoms with Crippen molar-refractivity contribution in [3.8, 4) is 5.75 Å². The summed E-state index contributed by atoms with van der Waals surface area (Å²) in [6.07, 6.45) is 2.03. The van der Waals surface area contributed by atoms with Crippen LogP contribution in [0, 0.1) is 5.82 Å². The number of halogens is 1. The molecule has 6 heteroatoms. The van der Waals surface area contributed by atoms with Gasteiger partial charge in [-0.15, -0.1) is 0 Å². The molecule has 3 aromatic rings. The molecule has 0 saturated carbocycles. The van der Waals surface area contributed by atoms with E-state index in [1.165, 1.54) is 6.07 Å². The molecule has 0 bridgehead atoms. The Morgan fingerprint density at radius 2 is 1.86 bits per heavy atom. The van der Waals surface area contributed by atoms with Gasteiger partial charge in [0.1, 0.15) is 17.3 Å². The Morgan fingerprint density at radius 3 is 2.66 bits per heavy atom. The van der Waals surface area contributed by atoms with Crippen LogP contribution in [0.3, 0.4) is 0 Å². The molecule has 0 spiro atoms. The highest BCUT2D eigenvalue weighted by atomic mass is 19.1. The quantitative estimate of drug-likeness (QED) is 0.581. The molecule has 0 unspecified atom stereocenters. The van der Waals surface area contributed by atoms with E-state index < -0.39 is 0 Å². The van der Waals surface area contributed by atoms with Crippen LogP contribution in [0.15, 0.2) is 66.9 Å². The van der Waals surface area contributed by atoms with Crippen LogP contribution in [-0.4, -0.2) is 23.5 Å². The summed E-state index contributed by atoms with van der Waals surface area (Å²) < 4.78 is 19.5. The van der Waals surface area contributed by atoms with E-state index in [2.05, 4.69) is 15.6 Å². The Balaban J connectivity index is 1.63. The lowest BCUT2D eigenvalue weighted by atomic mass is 10.1. The molecule has 1 aromatic heterocycles. The standard InChI is InChI=1S/C23H24FN3O2/c1-16(2)29-22-10-6-5-9-20(22)27-18-12-14-25-21(15-18)23(28)26-13-11-17-7-3-4-8-19(17)24/h3-10,12,14-16H,11,13H2,1-2H3,(H,25,27)(H,26,28). The number of benzene rings is 2. The molecule has 0 aliphatic heterocycles. The van der Waals surface area contributed by atoms with Gasteiger partial charge < -0.3 is 15.4 Å². The van der Waals surface area contributed by atoms with Crippen LogP contribution >= 0.6 is 0 Å². The molecule has 29 heavy (non-hydrogen) atoms. The van der Waals surface area contributed by atoms with E-state index in [4.69, 9.17) is 4.74 Å². The molecule has 1 amide bonds. The van der Waals surface area contributed by atoms with Crippen molar-refractivity contribution in [1.29, 1.82) is 0 Å². The summed E-state index contributed by atoms with van der Waals surface area (Å²) in [5.74, 6) is 0.153. The molecule has 3 rings (SSSR count). The average Bonchev–Trinajstić information content (AvgIpc) is 2.71. The highest BCUT2D eigenvalue weighted by Crippen LogP contribution is 2.28. The van der Waals surface area contributed by atoms with Crippen molar-refractivity contribution in [2.45, 2.75) is 26.4 Å². The molecule has 0 aliphatic rings. The zero-order chi connectivity index (χ0) is 20.6. The predicted octanol–water partition coefficient (Wildman–Crippen LogP) is 4.72. The van der Waals surface area contributed by atoms with Gasteiger partial charge >= 0.3 is 0 Å². The lowest BCUT2D eigenvalue weighted by Gasteiger charge is -2.15. The SMILES string of the molecule is CC(C)Oc1ccccc1Nc1ccnc(C(=O)NCCc2ccccc2F)c1. The first-order valence-electron chi connectivity index (χ1n) is 9.53. The number of amides is 1. The van der Waals surface area contributed by atoms with Crippen molar-refractivity contribution in [1.82, 2.24) is 10.3 Å². The van der Waals surface area contributed by atoms with Gasteiger partial charge in [-0.3, -0.25) is 9.78 Å². The number of carbonyl (C=O) groups is 1. The summed E-state index contributed by atoms with van der Waals surface area (Å²) in [5.41, 5.74) is 2.38. The fourth-order valence-electron chi connectivity index (χ4n) is 2.82. The molecule has 150 valence electrons. The Morgan fingerprint density at radius 1 is 1.10 bits per heavy atom. The van der Waals surface area contributed by atoms with Crippen LogP contribution in [0.4, 0.5) is 15.8 Å². The number of aromatic nitrogens is 1. The molecule has 1 heterocycles. The first-order chi connectivity index (χ1) is 14.0. The number of ether oxygens (including phenoxy) is 1. The third-order valence-corrected chi connectivity index (χ3v) is 4.16. The van der Waals surface area contributed by atoms with Crippen LogP contribution in [0.25, 0.3) is 0 Å². The van der Waals surface area contributed by atoms with Gasteiger partial charge in [0, 0.05) is 18.4 Å². The highest BCUT2D eigenvalue weighted by Gasteiger charge is 2.10. The van der Waals surface area contributed by atoms with E-state index in [0.717, 1.165) is 17.1 Å². The Kier molecular flexibility index (Phi) is 6.79. The maximum absolute atomic E-state index is 13.7. The highest BCUT2D eigenvalue weighted by molar-refractivity contribution is 5.93. The van der Waals surface area contributed by atoms with Gasteiger partial charge in [0.05, 0.1) is 11.8 Å². The summed E-state index contributed by atoms with van der Waals surface area (Å²) in [6, 6.07) is 17.6. The van der Waals surface area contributed by atoms with E-state index in [-0.39, 0.29) is 23.5 Å².